The molecule has 104 valence electrons. The van der Waals surface area contributed by atoms with Gasteiger partial charge in [-0.1, -0.05) is 36.4 Å². The third-order valence-corrected chi connectivity index (χ3v) is 3.44. The maximum absolute atomic E-state index is 12.1. The summed E-state index contributed by atoms with van der Waals surface area (Å²) in [6.07, 6.45) is 2.52. The molecule has 0 saturated heterocycles. The number of nitrogens with zero attached hydrogens (tertiary/aromatic N) is 1. The van der Waals surface area contributed by atoms with Crippen molar-refractivity contribution in [1.82, 2.24) is 5.32 Å². The van der Waals surface area contributed by atoms with Gasteiger partial charge in [0.2, 0.25) is 5.91 Å². The van der Waals surface area contributed by atoms with Crippen LogP contribution in [0.5, 0.6) is 0 Å². The molecule has 0 fully saturated rings. The van der Waals surface area contributed by atoms with Crippen LogP contribution < -0.4 is 40.0 Å². The summed E-state index contributed by atoms with van der Waals surface area (Å²) in [5, 5.41) is 14.2. The van der Waals surface area contributed by atoms with Crippen LogP contribution in [0.25, 0.3) is 0 Å². The summed E-state index contributed by atoms with van der Waals surface area (Å²) in [6.45, 7) is 3.58. The average Bonchev–Trinajstić information content (AvgIpc) is 2.43. The van der Waals surface area contributed by atoms with E-state index in [1.165, 1.54) is 6.08 Å². The molecule has 1 unspecified atom stereocenters. The topological polar surface area (TPSA) is 81.6 Å². The summed E-state index contributed by atoms with van der Waals surface area (Å²) in [4.78, 5) is 26.6. The third kappa shape index (κ3) is 3.81. The molecule has 1 N–H and O–H groups in total. The van der Waals surface area contributed by atoms with Gasteiger partial charge >= 0.3 is 35.6 Å². The minimum absolute atomic E-state index is 0. The number of hydrogen-bond donors (Lipinski definition) is 1. The summed E-state index contributed by atoms with van der Waals surface area (Å²) in [7, 11) is 0. The van der Waals surface area contributed by atoms with E-state index in [1.54, 1.807) is 0 Å². The fourth-order valence-electron chi connectivity index (χ4n) is 2.29. The van der Waals surface area contributed by atoms with Gasteiger partial charge in [0.1, 0.15) is 0 Å². The first kappa shape index (κ1) is 17.6. The number of allylic oxidation sites excluding steroid dienone is 1. The van der Waals surface area contributed by atoms with Gasteiger partial charge in [0.05, 0.1) is 5.41 Å². The summed E-state index contributed by atoms with van der Waals surface area (Å²) >= 11 is 0. The molecular weight excluding hydrogens is 279 g/mol. The van der Waals surface area contributed by atoms with Crippen molar-refractivity contribution >= 4 is 17.8 Å². The molecule has 0 radical (unpaired) electrons. The van der Waals surface area contributed by atoms with E-state index in [9.17, 15) is 14.7 Å². The number of urea groups is 1. The second kappa shape index (κ2) is 7.54. The minimum atomic E-state index is -1.31. The van der Waals surface area contributed by atoms with Gasteiger partial charge in [0.25, 0.3) is 0 Å². The summed E-state index contributed by atoms with van der Waals surface area (Å²) < 4.78 is 0. The largest absolute Gasteiger partial charge is 1.00 e. The zero-order valence-corrected chi connectivity index (χ0v) is 14.0. The van der Waals surface area contributed by atoms with Gasteiger partial charge < -0.3 is 5.11 Å². The molecule has 0 saturated carbocycles. The Labute approximate surface area is 145 Å². The maximum atomic E-state index is 12.1. The number of hydrogen-bond acceptors (Lipinski definition) is 3. The molecule has 3 amide bonds. The Balaban J connectivity index is 0.00000220. The quantitative estimate of drug-likeness (QED) is 0.513. The summed E-state index contributed by atoms with van der Waals surface area (Å²) in [5.74, 6) is -1.26. The monoisotopic (exact) mass is 294 g/mol. The second-order valence-corrected chi connectivity index (χ2v) is 4.74. The summed E-state index contributed by atoms with van der Waals surface area (Å²) in [5.41, 5.74) is -0.292. The molecular formula is C15H15N2NaO3. The number of aliphatic imine (C=N–C) groups is 1. The molecule has 5 nitrogen and oxygen atoms in total. The second-order valence-electron chi connectivity index (χ2n) is 4.74. The molecule has 1 atom stereocenters. The van der Waals surface area contributed by atoms with Crippen LogP contribution in [0.15, 0.2) is 48.0 Å². The number of amides is 3. The molecule has 0 aromatic heterocycles. The summed E-state index contributed by atoms with van der Waals surface area (Å²) in [6, 6.07) is 8.65. The van der Waals surface area contributed by atoms with Crippen molar-refractivity contribution in [3.05, 3.63) is 48.6 Å². The van der Waals surface area contributed by atoms with Gasteiger partial charge in [-0.05, 0) is 30.7 Å². The molecule has 0 bridgehead atoms. The van der Waals surface area contributed by atoms with E-state index in [1.807, 2.05) is 30.3 Å². The first-order chi connectivity index (χ1) is 9.58. The van der Waals surface area contributed by atoms with Crippen LogP contribution in [-0.4, -0.2) is 17.8 Å². The Kier molecular flexibility index (Phi) is 6.33. The Morgan fingerprint density at radius 2 is 1.95 bits per heavy atom. The number of carbonyl (C=O) groups excluding carboxylic acids is 2. The van der Waals surface area contributed by atoms with E-state index in [0.29, 0.717) is 12.8 Å². The number of nitrogens with one attached hydrogen (secondary N) is 1. The number of imide groups is 1. The van der Waals surface area contributed by atoms with Crippen molar-refractivity contribution in [3.8, 4) is 0 Å². The molecule has 0 spiro atoms. The van der Waals surface area contributed by atoms with Crippen LogP contribution in [0.1, 0.15) is 18.4 Å². The third-order valence-electron chi connectivity index (χ3n) is 3.44. The average molecular weight is 294 g/mol. The molecule has 1 heterocycles. The fourth-order valence-corrected chi connectivity index (χ4v) is 2.29. The van der Waals surface area contributed by atoms with Crippen molar-refractivity contribution in [2.45, 2.75) is 19.3 Å². The Bertz CT molecular complexity index is 572. The molecule has 1 aromatic carbocycles. The molecule has 1 aliphatic heterocycles. The van der Waals surface area contributed by atoms with Gasteiger partial charge in [-0.3, -0.25) is 10.1 Å². The van der Waals surface area contributed by atoms with Crippen molar-refractivity contribution in [1.29, 1.82) is 0 Å². The predicted molar refractivity (Wildman–Crippen MR) is 73.0 cm³/mol. The van der Waals surface area contributed by atoms with Crippen LogP contribution in [0, 0.1) is 5.41 Å². The van der Waals surface area contributed by atoms with E-state index in [-0.39, 0.29) is 36.0 Å². The Morgan fingerprint density at radius 1 is 1.29 bits per heavy atom. The molecule has 1 aromatic rings. The first-order valence-corrected chi connectivity index (χ1v) is 6.35. The van der Waals surface area contributed by atoms with Crippen molar-refractivity contribution in [3.63, 3.8) is 0 Å². The van der Waals surface area contributed by atoms with Gasteiger partial charge in [0, 0.05) is 0 Å². The van der Waals surface area contributed by atoms with Crippen LogP contribution in [0.2, 0.25) is 0 Å². The predicted octanol–water partition coefficient (Wildman–Crippen LogP) is -1.81. The van der Waals surface area contributed by atoms with E-state index in [2.05, 4.69) is 16.9 Å². The minimum Gasteiger partial charge on any atom is -0.861 e. The van der Waals surface area contributed by atoms with Gasteiger partial charge in [-0.2, -0.15) is 0 Å². The van der Waals surface area contributed by atoms with Crippen molar-refractivity contribution < 1.29 is 44.3 Å². The molecule has 0 aliphatic carbocycles. The van der Waals surface area contributed by atoms with E-state index >= 15 is 0 Å². The molecule has 2 rings (SSSR count). The van der Waals surface area contributed by atoms with Crippen LogP contribution in [-0.2, 0) is 11.2 Å². The number of aryl methyl sites for hydroxylation is 1. The fraction of sp³-hybridized carbons (Fsp3) is 0.267. The van der Waals surface area contributed by atoms with Crippen molar-refractivity contribution in [2.24, 2.45) is 10.4 Å². The molecule has 1 aliphatic rings. The Hall–Kier alpha value is -1.43. The van der Waals surface area contributed by atoms with Crippen molar-refractivity contribution in [2.75, 3.05) is 0 Å². The van der Waals surface area contributed by atoms with Gasteiger partial charge in [0.15, 0.2) is 0 Å². The van der Waals surface area contributed by atoms with Crippen LogP contribution in [0.3, 0.4) is 0 Å². The standard InChI is InChI=1S/C15H16N2O3.Na/c1-2-9-15(10-8-11-6-4-3-5-7-11)12(18)16-14(20)17-13(15)19;/h2-7H,1,8-10H2,(H2,16,17,18,19,20);/q;+1/p-1. The SMILES string of the molecule is C=CCC1(CCc2ccccc2)C(=O)NC(=O)N=C1[O-].[Na+]. The van der Waals surface area contributed by atoms with Crippen LogP contribution >= 0.6 is 0 Å². The maximum Gasteiger partial charge on any atom is 1.00 e. The first-order valence-electron chi connectivity index (χ1n) is 6.35. The van der Waals surface area contributed by atoms with Gasteiger partial charge in [-0.15, -0.1) is 6.58 Å². The van der Waals surface area contributed by atoms with Crippen LogP contribution in [0.4, 0.5) is 4.79 Å². The van der Waals surface area contributed by atoms with E-state index in [0.717, 1.165) is 5.56 Å². The smallest absolute Gasteiger partial charge is 0.861 e. The zero-order chi connectivity index (χ0) is 14.6. The molecule has 21 heavy (non-hydrogen) atoms. The zero-order valence-electron chi connectivity index (χ0n) is 12.0. The number of benzene rings is 1. The Morgan fingerprint density at radius 3 is 2.52 bits per heavy atom. The number of rotatable bonds is 5. The van der Waals surface area contributed by atoms with E-state index < -0.39 is 23.3 Å². The normalized spacial score (nSPS) is 21.0. The van der Waals surface area contributed by atoms with E-state index in [4.69, 9.17) is 0 Å². The van der Waals surface area contributed by atoms with Gasteiger partial charge in [-0.25, -0.2) is 9.79 Å². The number of carbonyl (C=O) groups is 2. The molecule has 6 heteroatoms.